The fourth-order valence-electron chi connectivity index (χ4n) is 2.51. The van der Waals surface area contributed by atoms with Crippen molar-refractivity contribution >= 4 is 5.91 Å². The third-order valence-corrected chi connectivity index (χ3v) is 3.84. The van der Waals surface area contributed by atoms with Gasteiger partial charge in [-0.1, -0.05) is 18.2 Å². The second-order valence-corrected chi connectivity index (χ2v) is 5.62. The monoisotopic (exact) mass is 301 g/mol. The predicted octanol–water partition coefficient (Wildman–Crippen LogP) is 0.855. The molecule has 2 aromatic rings. The van der Waals surface area contributed by atoms with E-state index in [0.29, 0.717) is 19.6 Å². The zero-order valence-corrected chi connectivity index (χ0v) is 12.5. The van der Waals surface area contributed by atoms with Gasteiger partial charge in [-0.2, -0.15) is 5.10 Å². The Morgan fingerprint density at radius 1 is 1.50 bits per heavy atom. The molecule has 1 unspecified atom stereocenters. The molecule has 0 bridgehead atoms. The van der Waals surface area contributed by atoms with E-state index in [1.807, 2.05) is 37.5 Å². The molecule has 1 saturated heterocycles. The lowest BCUT2D eigenvalue weighted by Gasteiger charge is -2.19. The molecule has 6 heteroatoms. The van der Waals surface area contributed by atoms with Crippen LogP contribution < -0.4 is 5.32 Å². The quantitative estimate of drug-likeness (QED) is 0.878. The summed E-state index contributed by atoms with van der Waals surface area (Å²) < 4.78 is 6.84. The van der Waals surface area contributed by atoms with Crippen molar-refractivity contribution in [3.63, 3.8) is 0 Å². The molecule has 6 nitrogen and oxygen atoms in total. The number of aryl methyl sites for hydroxylation is 1. The lowest BCUT2D eigenvalue weighted by molar-refractivity contribution is -0.139. The maximum Gasteiger partial charge on any atom is 0.254 e. The Balaban J connectivity index is 1.67. The number of aliphatic hydroxyl groups is 1. The molecule has 1 aliphatic heterocycles. The summed E-state index contributed by atoms with van der Waals surface area (Å²) in [5.41, 5.74) is 1.65. The summed E-state index contributed by atoms with van der Waals surface area (Å²) >= 11 is 0. The Labute approximate surface area is 128 Å². The first-order chi connectivity index (χ1) is 10.6. The topological polar surface area (TPSA) is 76.4 Å². The first kappa shape index (κ1) is 14.7. The average molecular weight is 301 g/mol. The van der Waals surface area contributed by atoms with Gasteiger partial charge in [-0.15, -0.1) is 0 Å². The molecular weight excluding hydrogens is 282 g/mol. The summed E-state index contributed by atoms with van der Waals surface area (Å²) in [6, 6.07) is 7.89. The van der Waals surface area contributed by atoms with Gasteiger partial charge in [0.1, 0.15) is 0 Å². The molecule has 1 fully saturated rings. The van der Waals surface area contributed by atoms with E-state index in [9.17, 15) is 9.90 Å². The lowest BCUT2D eigenvalue weighted by atomic mass is 10.0. The van der Waals surface area contributed by atoms with E-state index in [2.05, 4.69) is 10.4 Å². The molecule has 2 heterocycles. The molecule has 0 saturated carbocycles. The van der Waals surface area contributed by atoms with E-state index in [1.54, 1.807) is 10.9 Å². The SMILES string of the molecule is Cn1cc(-c2cccc(CNC(=O)C3(O)CCOC3)c2)cn1. The fraction of sp³-hybridized carbons (Fsp3) is 0.375. The largest absolute Gasteiger partial charge is 0.378 e. The van der Waals surface area contributed by atoms with Crippen LogP contribution in [0, 0.1) is 0 Å². The molecule has 0 radical (unpaired) electrons. The van der Waals surface area contributed by atoms with Crippen LogP contribution in [0.3, 0.4) is 0 Å². The highest BCUT2D eigenvalue weighted by atomic mass is 16.5. The number of hydrogen-bond donors (Lipinski definition) is 2. The molecular formula is C16H19N3O3. The number of amides is 1. The number of carbonyl (C=O) groups is 1. The van der Waals surface area contributed by atoms with Gasteiger partial charge in [-0.25, -0.2) is 0 Å². The molecule has 116 valence electrons. The Kier molecular flexibility index (Phi) is 3.96. The molecule has 1 aromatic carbocycles. The number of rotatable bonds is 4. The summed E-state index contributed by atoms with van der Waals surface area (Å²) in [6.07, 6.45) is 4.08. The molecule has 1 aromatic heterocycles. The molecule has 0 aliphatic carbocycles. The summed E-state index contributed by atoms with van der Waals surface area (Å²) in [7, 11) is 1.87. The minimum atomic E-state index is -1.39. The van der Waals surface area contributed by atoms with E-state index in [-0.39, 0.29) is 12.5 Å². The zero-order valence-electron chi connectivity index (χ0n) is 12.5. The van der Waals surface area contributed by atoms with E-state index in [4.69, 9.17) is 4.74 Å². The van der Waals surface area contributed by atoms with Crippen molar-refractivity contribution in [3.8, 4) is 11.1 Å². The minimum Gasteiger partial charge on any atom is -0.378 e. The molecule has 1 aliphatic rings. The number of ether oxygens (including phenoxy) is 1. The van der Waals surface area contributed by atoms with Crippen LogP contribution in [0.2, 0.25) is 0 Å². The predicted molar refractivity (Wildman–Crippen MR) is 80.9 cm³/mol. The van der Waals surface area contributed by atoms with E-state index < -0.39 is 5.60 Å². The van der Waals surface area contributed by atoms with Gasteiger partial charge in [0.25, 0.3) is 5.91 Å². The smallest absolute Gasteiger partial charge is 0.254 e. The van der Waals surface area contributed by atoms with Crippen molar-refractivity contribution < 1.29 is 14.6 Å². The Morgan fingerprint density at radius 2 is 2.36 bits per heavy atom. The van der Waals surface area contributed by atoms with Gasteiger partial charge in [0.15, 0.2) is 5.60 Å². The lowest BCUT2D eigenvalue weighted by Crippen LogP contribution is -2.47. The number of carbonyl (C=O) groups excluding carboxylic acids is 1. The number of benzene rings is 1. The summed E-state index contributed by atoms with van der Waals surface area (Å²) in [6.45, 7) is 0.851. The minimum absolute atomic E-state index is 0.0640. The number of aromatic nitrogens is 2. The Hall–Kier alpha value is -2.18. The van der Waals surface area contributed by atoms with Crippen LogP contribution in [0.4, 0.5) is 0 Å². The van der Waals surface area contributed by atoms with Crippen molar-refractivity contribution in [1.29, 1.82) is 0 Å². The van der Waals surface area contributed by atoms with Crippen LogP contribution in [-0.4, -0.2) is 39.6 Å². The third-order valence-electron chi connectivity index (χ3n) is 3.84. The van der Waals surface area contributed by atoms with Gasteiger partial charge in [-0.05, 0) is 17.2 Å². The number of hydrogen-bond acceptors (Lipinski definition) is 4. The first-order valence-corrected chi connectivity index (χ1v) is 7.23. The van der Waals surface area contributed by atoms with Gasteiger partial charge in [0, 0.05) is 31.8 Å². The average Bonchev–Trinajstić information content (AvgIpc) is 3.15. The Morgan fingerprint density at radius 3 is 3.05 bits per heavy atom. The second-order valence-electron chi connectivity index (χ2n) is 5.62. The highest BCUT2D eigenvalue weighted by Gasteiger charge is 2.39. The van der Waals surface area contributed by atoms with Gasteiger partial charge in [-0.3, -0.25) is 9.48 Å². The molecule has 1 amide bonds. The molecule has 0 spiro atoms. The zero-order chi connectivity index (χ0) is 15.6. The fourth-order valence-corrected chi connectivity index (χ4v) is 2.51. The van der Waals surface area contributed by atoms with Gasteiger partial charge in [0.2, 0.25) is 0 Å². The molecule has 3 rings (SSSR count). The summed E-state index contributed by atoms with van der Waals surface area (Å²) in [4.78, 5) is 12.0. The molecule has 2 N–H and O–H groups in total. The van der Waals surface area contributed by atoms with E-state index in [0.717, 1.165) is 16.7 Å². The molecule has 22 heavy (non-hydrogen) atoms. The third kappa shape index (κ3) is 3.03. The second kappa shape index (κ2) is 5.90. The van der Waals surface area contributed by atoms with Gasteiger partial charge < -0.3 is 15.2 Å². The highest BCUT2D eigenvalue weighted by Crippen LogP contribution is 2.21. The maximum absolute atomic E-state index is 12.0. The van der Waals surface area contributed by atoms with E-state index >= 15 is 0 Å². The van der Waals surface area contributed by atoms with Crippen LogP contribution in [-0.2, 0) is 23.1 Å². The Bertz CT molecular complexity index is 675. The van der Waals surface area contributed by atoms with Gasteiger partial charge in [0.05, 0.1) is 19.4 Å². The van der Waals surface area contributed by atoms with Crippen molar-refractivity contribution in [2.75, 3.05) is 13.2 Å². The van der Waals surface area contributed by atoms with E-state index in [1.165, 1.54) is 0 Å². The number of nitrogens with one attached hydrogen (secondary N) is 1. The first-order valence-electron chi connectivity index (χ1n) is 7.23. The van der Waals surface area contributed by atoms with Crippen LogP contribution in [0.15, 0.2) is 36.7 Å². The van der Waals surface area contributed by atoms with Crippen molar-refractivity contribution in [1.82, 2.24) is 15.1 Å². The van der Waals surface area contributed by atoms with Crippen molar-refractivity contribution in [2.24, 2.45) is 7.05 Å². The molecule has 1 atom stereocenters. The summed E-state index contributed by atoms with van der Waals surface area (Å²) in [5.74, 6) is -0.378. The van der Waals surface area contributed by atoms with Crippen molar-refractivity contribution in [3.05, 3.63) is 42.2 Å². The van der Waals surface area contributed by atoms with Crippen LogP contribution in [0.5, 0.6) is 0 Å². The normalized spacial score (nSPS) is 21.0. The number of nitrogens with zero attached hydrogens (tertiary/aromatic N) is 2. The highest BCUT2D eigenvalue weighted by molar-refractivity contribution is 5.85. The van der Waals surface area contributed by atoms with Crippen molar-refractivity contribution in [2.45, 2.75) is 18.6 Å². The van der Waals surface area contributed by atoms with Crippen LogP contribution in [0.25, 0.3) is 11.1 Å². The van der Waals surface area contributed by atoms with Crippen LogP contribution in [0.1, 0.15) is 12.0 Å². The maximum atomic E-state index is 12.0. The van der Waals surface area contributed by atoms with Crippen LogP contribution >= 0.6 is 0 Å². The van der Waals surface area contributed by atoms with Gasteiger partial charge >= 0.3 is 0 Å². The standard InChI is InChI=1S/C16H19N3O3/c1-19-10-14(9-18-19)13-4-2-3-12(7-13)8-17-15(20)16(21)5-6-22-11-16/h2-4,7,9-10,21H,5-6,8,11H2,1H3,(H,17,20). The summed E-state index contributed by atoms with van der Waals surface area (Å²) in [5, 5.41) is 17.1.